The first-order chi connectivity index (χ1) is 13.4. The molecule has 2 atom stereocenters. The topological polar surface area (TPSA) is 92.5 Å². The van der Waals surface area contributed by atoms with Crippen molar-refractivity contribution >= 4 is 29.1 Å². The van der Waals surface area contributed by atoms with Crippen LogP contribution >= 0.6 is 0 Å². The highest BCUT2D eigenvalue weighted by Crippen LogP contribution is 2.33. The molecule has 0 radical (unpaired) electrons. The molecule has 0 saturated carbocycles. The quantitative estimate of drug-likeness (QED) is 0.807. The summed E-state index contributed by atoms with van der Waals surface area (Å²) in [6, 6.07) is 14.3. The molecule has 0 unspecified atom stereocenters. The number of nitrogens with two attached hydrogens (primary N) is 1. The molecular formula is C22H25N3O3. The highest BCUT2D eigenvalue weighted by Gasteiger charge is 2.36. The van der Waals surface area contributed by atoms with Crippen LogP contribution in [0.5, 0.6) is 0 Å². The highest BCUT2D eigenvalue weighted by molar-refractivity contribution is 6.04. The molecule has 0 aliphatic carbocycles. The number of primary amides is 1. The van der Waals surface area contributed by atoms with E-state index >= 15 is 0 Å². The van der Waals surface area contributed by atoms with Gasteiger partial charge in [-0.3, -0.25) is 14.4 Å². The molecule has 2 aromatic rings. The fourth-order valence-corrected chi connectivity index (χ4v) is 3.45. The highest BCUT2D eigenvalue weighted by atomic mass is 16.2. The van der Waals surface area contributed by atoms with Crippen molar-refractivity contribution in [2.24, 2.45) is 11.7 Å². The molecular weight excluding hydrogens is 354 g/mol. The number of rotatable bonds is 6. The Labute approximate surface area is 164 Å². The first kappa shape index (κ1) is 19.6. The maximum absolute atomic E-state index is 12.6. The third kappa shape index (κ3) is 4.06. The van der Waals surface area contributed by atoms with Gasteiger partial charge in [0.1, 0.15) is 0 Å². The molecule has 146 valence electrons. The second kappa shape index (κ2) is 8.25. The normalized spacial score (nSPS) is 17.4. The largest absolute Gasteiger partial charge is 0.366 e. The lowest BCUT2D eigenvalue weighted by Crippen LogP contribution is -2.29. The Bertz CT molecular complexity index is 892. The minimum Gasteiger partial charge on any atom is -0.366 e. The summed E-state index contributed by atoms with van der Waals surface area (Å²) >= 11 is 0. The molecule has 0 aromatic heterocycles. The minimum absolute atomic E-state index is 0.0417. The van der Waals surface area contributed by atoms with Crippen molar-refractivity contribution in [1.29, 1.82) is 0 Å². The monoisotopic (exact) mass is 379 g/mol. The first-order valence-corrected chi connectivity index (χ1v) is 9.50. The Hall–Kier alpha value is -3.15. The van der Waals surface area contributed by atoms with Crippen LogP contribution in [0.2, 0.25) is 0 Å². The Morgan fingerprint density at radius 1 is 1.18 bits per heavy atom. The number of hydrogen-bond donors (Lipinski definition) is 2. The fraction of sp³-hybridized carbons (Fsp3) is 0.318. The lowest BCUT2D eigenvalue weighted by atomic mass is 9.96. The van der Waals surface area contributed by atoms with Crippen LogP contribution in [0, 0.1) is 5.92 Å². The Kier molecular flexibility index (Phi) is 5.78. The molecule has 28 heavy (non-hydrogen) atoms. The number of nitrogens with one attached hydrogen (secondary N) is 1. The molecule has 1 aliphatic heterocycles. The van der Waals surface area contributed by atoms with Gasteiger partial charge in [0.05, 0.1) is 5.92 Å². The summed E-state index contributed by atoms with van der Waals surface area (Å²) in [4.78, 5) is 38.1. The predicted octanol–water partition coefficient (Wildman–Crippen LogP) is 3.29. The van der Waals surface area contributed by atoms with Gasteiger partial charge in [0.25, 0.3) is 0 Å². The lowest BCUT2D eigenvalue weighted by molar-refractivity contribution is -0.122. The van der Waals surface area contributed by atoms with Gasteiger partial charge in [-0.1, -0.05) is 32.0 Å². The smallest absolute Gasteiger partial charge is 0.248 e. The lowest BCUT2D eigenvalue weighted by Gasteiger charge is -2.23. The summed E-state index contributed by atoms with van der Waals surface area (Å²) in [5.41, 5.74) is 8.19. The van der Waals surface area contributed by atoms with Crippen LogP contribution in [0.25, 0.3) is 0 Å². The van der Waals surface area contributed by atoms with Crippen molar-refractivity contribution in [2.75, 3.05) is 16.8 Å². The number of hydrogen-bond acceptors (Lipinski definition) is 3. The molecule has 6 nitrogen and oxygen atoms in total. The second-order valence-corrected chi connectivity index (χ2v) is 7.20. The molecule has 0 bridgehead atoms. The van der Waals surface area contributed by atoms with Crippen molar-refractivity contribution in [3.8, 4) is 0 Å². The van der Waals surface area contributed by atoms with Crippen molar-refractivity contribution in [2.45, 2.75) is 32.6 Å². The number of nitrogens with zero attached hydrogens (tertiary/aromatic N) is 1. The molecule has 3 N–H and O–H groups in total. The third-order valence-corrected chi connectivity index (χ3v) is 5.30. The van der Waals surface area contributed by atoms with Gasteiger partial charge in [-0.15, -0.1) is 0 Å². The fourth-order valence-electron chi connectivity index (χ4n) is 3.45. The zero-order valence-electron chi connectivity index (χ0n) is 16.1. The van der Waals surface area contributed by atoms with E-state index in [-0.39, 0.29) is 18.2 Å². The minimum atomic E-state index is -0.519. The van der Waals surface area contributed by atoms with Crippen LogP contribution in [0.1, 0.15) is 48.5 Å². The van der Waals surface area contributed by atoms with Crippen LogP contribution < -0.4 is 16.0 Å². The van der Waals surface area contributed by atoms with Gasteiger partial charge in [0.2, 0.25) is 17.7 Å². The van der Waals surface area contributed by atoms with Gasteiger partial charge in [-0.05, 0) is 48.2 Å². The summed E-state index contributed by atoms with van der Waals surface area (Å²) in [6.07, 6.45) is 1.16. The predicted molar refractivity (Wildman–Crippen MR) is 109 cm³/mol. The number of anilines is 2. The molecule has 1 saturated heterocycles. The number of benzene rings is 2. The van der Waals surface area contributed by atoms with Gasteiger partial charge < -0.3 is 16.0 Å². The van der Waals surface area contributed by atoms with Crippen molar-refractivity contribution in [3.63, 3.8) is 0 Å². The summed E-state index contributed by atoms with van der Waals surface area (Å²) in [6.45, 7) is 4.61. The third-order valence-electron chi connectivity index (χ3n) is 5.30. The van der Waals surface area contributed by atoms with E-state index in [1.165, 1.54) is 0 Å². The zero-order chi connectivity index (χ0) is 20.3. The number of amides is 3. The van der Waals surface area contributed by atoms with Gasteiger partial charge in [0, 0.05) is 29.9 Å². The molecule has 1 aliphatic rings. The Morgan fingerprint density at radius 3 is 2.50 bits per heavy atom. The van der Waals surface area contributed by atoms with Gasteiger partial charge in [-0.2, -0.15) is 0 Å². The van der Waals surface area contributed by atoms with Crippen LogP contribution in [0.15, 0.2) is 48.5 Å². The summed E-state index contributed by atoms with van der Waals surface area (Å²) in [5, 5.41) is 2.82. The van der Waals surface area contributed by atoms with E-state index in [0.29, 0.717) is 23.7 Å². The van der Waals surface area contributed by atoms with Gasteiger partial charge in [-0.25, -0.2) is 0 Å². The molecule has 6 heteroatoms. The van der Waals surface area contributed by atoms with Crippen molar-refractivity contribution in [1.82, 2.24) is 0 Å². The Morgan fingerprint density at radius 2 is 1.86 bits per heavy atom. The van der Waals surface area contributed by atoms with E-state index in [4.69, 9.17) is 5.73 Å². The number of para-hydroxylation sites is 1. The molecule has 0 spiro atoms. The summed E-state index contributed by atoms with van der Waals surface area (Å²) in [7, 11) is 0. The van der Waals surface area contributed by atoms with E-state index in [1.807, 2.05) is 24.3 Å². The van der Waals surface area contributed by atoms with Crippen molar-refractivity contribution in [3.05, 3.63) is 59.7 Å². The molecule has 2 aromatic carbocycles. The van der Waals surface area contributed by atoms with E-state index in [9.17, 15) is 14.4 Å². The Balaban J connectivity index is 1.72. The van der Waals surface area contributed by atoms with Crippen LogP contribution in [0.3, 0.4) is 0 Å². The SMILES string of the molecule is CC[C@H](C)c1ccccc1N1C[C@H](C(=O)Nc2ccc(C(N)=O)cc2)CC1=O. The molecule has 1 fully saturated rings. The summed E-state index contributed by atoms with van der Waals surface area (Å²) < 4.78 is 0. The van der Waals surface area contributed by atoms with E-state index < -0.39 is 11.8 Å². The second-order valence-electron chi connectivity index (χ2n) is 7.20. The van der Waals surface area contributed by atoms with E-state index in [1.54, 1.807) is 29.2 Å². The molecule has 3 amide bonds. The van der Waals surface area contributed by atoms with Crippen LogP contribution in [-0.4, -0.2) is 24.3 Å². The first-order valence-electron chi connectivity index (χ1n) is 9.50. The van der Waals surface area contributed by atoms with Crippen LogP contribution in [0.4, 0.5) is 11.4 Å². The van der Waals surface area contributed by atoms with E-state index in [0.717, 1.165) is 17.7 Å². The zero-order valence-corrected chi connectivity index (χ0v) is 16.1. The number of carbonyl (C=O) groups is 3. The maximum atomic E-state index is 12.6. The van der Waals surface area contributed by atoms with Crippen LogP contribution in [-0.2, 0) is 9.59 Å². The van der Waals surface area contributed by atoms with Gasteiger partial charge >= 0.3 is 0 Å². The van der Waals surface area contributed by atoms with Crippen molar-refractivity contribution < 1.29 is 14.4 Å². The average molecular weight is 379 g/mol. The summed E-state index contributed by atoms with van der Waals surface area (Å²) in [5.74, 6) is -0.854. The van der Waals surface area contributed by atoms with E-state index in [2.05, 4.69) is 19.2 Å². The van der Waals surface area contributed by atoms with Gasteiger partial charge in [0.15, 0.2) is 0 Å². The number of carbonyl (C=O) groups excluding carboxylic acids is 3. The molecule has 1 heterocycles. The molecule has 3 rings (SSSR count). The average Bonchev–Trinajstić information content (AvgIpc) is 3.09. The standard InChI is InChI=1S/C22H25N3O3/c1-3-14(2)18-6-4-5-7-19(18)25-13-16(12-20(25)26)22(28)24-17-10-8-15(9-11-17)21(23)27/h4-11,14,16H,3,12-13H2,1-2H3,(H2,23,27)(H,24,28)/t14-,16+/m0/s1. The maximum Gasteiger partial charge on any atom is 0.248 e.